The minimum Gasteiger partial charge on any atom is -0.463 e. The van der Waals surface area contributed by atoms with Crippen LogP contribution in [-0.2, 0) is 9.53 Å². The van der Waals surface area contributed by atoms with Crippen LogP contribution in [0.3, 0.4) is 0 Å². The molecule has 4 aromatic rings. The number of nitrogens with one attached hydrogen (secondary N) is 1. The van der Waals surface area contributed by atoms with Crippen molar-refractivity contribution in [2.75, 3.05) is 6.61 Å². The first kappa shape index (κ1) is 24.1. The Kier molecular flexibility index (Phi) is 7.50. The van der Waals surface area contributed by atoms with Gasteiger partial charge in [-0.15, -0.1) is 0 Å². The van der Waals surface area contributed by atoms with Gasteiger partial charge in [-0.2, -0.15) is 5.26 Å². The third-order valence-electron chi connectivity index (χ3n) is 5.78. The highest BCUT2D eigenvalue weighted by molar-refractivity contribution is 6.30. The van der Waals surface area contributed by atoms with E-state index in [1.54, 1.807) is 19.1 Å². The Labute approximate surface area is 210 Å². The van der Waals surface area contributed by atoms with Crippen LogP contribution in [0.4, 0.5) is 0 Å². The normalized spacial score (nSPS) is 11.9. The quantitative estimate of drug-likeness (QED) is 0.168. The van der Waals surface area contributed by atoms with Crippen molar-refractivity contribution in [3.05, 3.63) is 112 Å². The van der Waals surface area contributed by atoms with E-state index >= 15 is 0 Å². The van der Waals surface area contributed by atoms with Gasteiger partial charge in [-0.1, -0.05) is 67.1 Å². The van der Waals surface area contributed by atoms with E-state index in [4.69, 9.17) is 16.3 Å². The number of benzene rings is 3. The molecule has 0 fully saturated rings. The molecule has 0 bridgehead atoms. The van der Waals surface area contributed by atoms with Crippen LogP contribution in [0.1, 0.15) is 48.2 Å². The fourth-order valence-electron chi connectivity index (χ4n) is 4.19. The zero-order chi connectivity index (χ0) is 24.8. The number of ether oxygens (including phenoxy) is 1. The van der Waals surface area contributed by atoms with Crippen molar-refractivity contribution < 1.29 is 9.53 Å². The average molecular weight is 481 g/mol. The van der Waals surface area contributed by atoms with Gasteiger partial charge in [-0.25, -0.2) is 4.79 Å². The van der Waals surface area contributed by atoms with E-state index in [-0.39, 0.29) is 5.97 Å². The second kappa shape index (κ2) is 10.9. The molecule has 0 radical (unpaired) electrons. The van der Waals surface area contributed by atoms with Crippen molar-refractivity contribution in [1.82, 2.24) is 4.98 Å². The molecule has 0 spiro atoms. The van der Waals surface area contributed by atoms with Gasteiger partial charge in [0.05, 0.1) is 18.2 Å². The van der Waals surface area contributed by atoms with E-state index in [1.807, 2.05) is 54.6 Å². The molecular weight excluding hydrogens is 456 g/mol. The largest absolute Gasteiger partial charge is 0.463 e. The lowest BCUT2D eigenvalue weighted by Gasteiger charge is -2.16. The average Bonchev–Trinajstić information content (AvgIpc) is 3.30. The predicted octanol–water partition coefficient (Wildman–Crippen LogP) is 7.64. The molecule has 0 atom stereocenters. The standard InChI is InChI=1S/C30H25ClN2O2/c1-3-25(26-15-14-24(31)17-23(26)19-32)30(28-18-22-7-5-6-8-27(22)33-28)21-12-9-20(10-13-21)11-16-29(34)35-4-2/h5-18,33H,3-4H2,1-2H3/b16-11+,30-25+. The summed E-state index contributed by atoms with van der Waals surface area (Å²) in [7, 11) is 0. The van der Waals surface area contributed by atoms with Crippen molar-refractivity contribution in [3.8, 4) is 6.07 Å². The third kappa shape index (κ3) is 5.37. The molecule has 0 aliphatic carbocycles. The predicted molar refractivity (Wildman–Crippen MR) is 143 cm³/mol. The highest BCUT2D eigenvalue weighted by Crippen LogP contribution is 2.37. The van der Waals surface area contributed by atoms with Crippen LogP contribution >= 0.6 is 11.6 Å². The number of hydrogen-bond acceptors (Lipinski definition) is 3. The van der Waals surface area contributed by atoms with E-state index in [0.29, 0.717) is 23.6 Å². The van der Waals surface area contributed by atoms with Gasteiger partial charge in [0, 0.05) is 33.3 Å². The fourth-order valence-corrected chi connectivity index (χ4v) is 4.36. The maximum Gasteiger partial charge on any atom is 0.330 e. The Morgan fingerprint density at radius 1 is 1.06 bits per heavy atom. The molecular formula is C30H25ClN2O2. The lowest BCUT2D eigenvalue weighted by atomic mass is 9.88. The lowest BCUT2D eigenvalue weighted by molar-refractivity contribution is -0.137. The fraction of sp³-hybridized carbons (Fsp3) is 0.133. The molecule has 1 aromatic heterocycles. The van der Waals surface area contributed by atoms with Gasteiger partial charge in [-0.05, 0) is 65.9 Å². The minimum atomic E-state index is -0.365. The summed E-state index contributed by atoms with van der Waals surface area (Å²) in [4.78, 5) is 15.2. The monoisotopic (exact) mass is 480 g/mol. The molecule has 35 heavy (non-hydrogen) atoms. The number of fused-ring (bicyclic) bond motifs is 1. The number of esters is 1. The number of H-pyrrole nitrogens is 1. The van der Waals surface area contributed by atoms with Crippen molar-refractivity contribution in [2.24, 2.45) is 0 Å². The number of carbonyl (C=O) groups excluding carboxylic acids is 1. The van der Waals surface area contributed by atoms with Crippen LogP contribution in [0.2, 0.25) is 5.02 Å². The molecule has 174 valence electrons. The molecule has 1 N–H and O–H groups in total. The first-order chi connectivity index (χ1) is 17.0. The molecule has 0 aliphatic rings. The molecule has 4 rings (SSSR count). The van der Waals surface area contributed by atoms with E-state index in [1.165, 1.54) is 6.08 Å². The summed E-state index contributed by atoms with van der Waals surface area (Å²) < 4.78 is 4.96. The number of aromatic nitrogens is 1. The van der Waals surface area contributed by atoms with Gasteiger partial charge in [0.1, 0.15) is 0 Å². The van der Waals surface area contributed by atoms with E-state index in [0.717, 1.165) is 44.4 Å². The number of hydrogen-bond donors (Lipinski definition) is 1. The van der Waals surface area contributed by atoms with Crippen molar-refractivity contribution in [1.29, 1.82) is 5.26 Å². The van der Waals surface area contributed by atoms with Crippen LogP contribution in [0.25, 0.3) is 28.1 Å². The second-order valence-electron chi connectivity index (χ2n) is 7.99. The minimum absolute atomic E-state index is 0.343. The first-order valence-corrected chi connectivity index (χ1v) is 11.9. The van der Waals surface area contributed by atoms with E-state index in [2.05, 4.69) is 30.1 Å². The van der Waals surface area contributed by atoms with Gasteiger partial charge in [0.15, 0.2) is 0 Å². The van der Waals surface area contributed by atoms with Crippen molar-refractivity contribution in [3.63, 3.8) is 0 Å². The molecule has 0 amide bonds. The summed E-state index contributed by atoms with van der Waals surface area (Å²) in [6.07, 6.45) is 3.88. The van der Waals surface area contributed by atoms with Gasteiger partial charge >= 0.3 is 5.97 Å². The van der Waals surface area contributed by atoms with Gasteiger partial charge in [0.2, 0.25) is 0 Å². The van der Waals surface area contributed by atoms with E-state index < -0.39 is 0 Å². The second-order valence-corrected chi connectivity index (χ2v) is 8.42. The lowest BCUT2D eigenvalue weighted by Crippen LogP contribution is -1.99. The zero-order valence-electron chi connectivity index (χ0n) is 19.6. The Morgan fingerprint density at radius 2 is 1.83 bits per heavy atom. The first-order valence-electron chi connectivity index (χ1n) is 11.5. The Morgan fingerprint density at radius 3 is 2.51 bits per heavy atom. The van der Waals surface area contributed by atoms with Crippen LogP contribution < -0.4 is 0 Å². The van der Waals surface area contributed by atoms with Gasteiger partial charge in [-0.3, -0.25) is 0 Å². The SMILES string of the molecule is CCOC(=O)/C=C/c1ccc(/C(=C(/CC)c2ccc(Cl)cc2C#N)c2cc3ccccc3[nH]2)cc1. The molecule has 0 unspecified atom stereocenters. The zero-order valence-corrected chi connectivity index (χ0v) is 20.4. The summed E-state index contributed by atoms with van der Waals surface area (Å²) in [6, 6.07) is 26.0. The number of aromatic amines is 1. The Balaban J connectivity index is 1.89. The van der Waals surface area contributed by atoms with Crippen molar-refractivity contribution in [2.45, 2.75) is 20.3 Å². The summed E-state index contributed by atoms with van der Waals surface area (Å²) in [5.41, 5.74) is 7.36. The Bertz CT molecular complexity index is 1440. The number of halogens is 1. The number of nitriles is 1. The molecule has 1 heterocycles. The van der Waals surface area contributed by atoms with E-state index in [9.17, 15) is 10.1 Å². The molecule has 0 saturated heterocycles. The number of nitrogens with zero attached hydrogens (tertiary/aromatic N) is 1. The topological polar surface area (TPSA) is 65.9 Å². The third-order valence-corrected chi connectivity index (χ3v) is 6.01. The van der Waals surface area contributed by atoms with Gasteiger partial charge in [0.25, 0.3) is 0 Å². The van der Waals surface area contributed by atoms with Crippen LogP contribution in [0.15, 0.2) is 78.9 Å². The summed E-state index contributed by atoms with van der Waals surface area (Å²) in [5.74, 6) is -0.365. The van der Waals surface area contributed by atoms with Gasteiger partial charge < -0.3 is 9.72 Å². The summed E-state index contributed by atoms with van der Waals surface area (Å²) in [5, 5.41) is 11.5. The molecule has 3 aromatic carbocycles. The maximum atomic E-state index is 11.7. The number of carbonyl (C=O) groups is 1. The molecule has 5 heteroatoms. The Hall–Kier alpha value is -4.07. The maximum absolute atomic E-state index is 11.7. The highest BCUT2D eigenvalue weighted by Gasteiger charge is 2.17. The van der Waals surface area contributed by atoms with Crippen LogP contribution in [0.5, 0.6) is 0 Å². The molecule has 0 aliphatic heterocycles. The molecule has 4 nitrogen and oxygen atoms in total. The number of para-hydroxylation sites is 1. The summed E-state index contributed by atoms with van der Waals surface area (Å²) in [6.45, 7) is 4.21. The summed E-state index contributed by atoms with van der Waals surface area (Å²) >= 11 is 6.19. The van der Waals surface area contributed by atoms with Crippen molar-refractivity contribution >= 4 is 45.7 Å². The molecule has 0 saturated carbocycles. The van der Waals surface area contributed by atoms with Crippen LogP contribution in [-0.4, -0.2) is 17.6 Å². The smallest absolute Gasteiger partial charge is 0.330 e. The highest BCUT2D eigenvalue weighted by atomic mass is 35.5. The number of rotatable bonds is 7. The number of allylic oxidation sites excluding steroid dienone is 1. The van der Waals surface area contributed by atoms with Crippen LogP contribution in [0, 0.1) is 11.3 Å².